The van der Waals surface area contributed by atoms with Crippen LogP contribution in [0.2, 0.25) is 0 Å². The molecule has 0 heterocycles. The van der Waals surface area contributed by atoms with Crippen LogP contribution in [0.5, 0.6) is 0 Å². The van der Waals surface area contributed by atoms with Gasteiger partial charge in [-0.05, 0) is 65.5 Å². The van der Waals surface area contributed by atoms with Crippen LogP contribution in [0.15, 0.2) is 48.6 Å². The number of hydrogen-bond donors (Lipinski definition) is 1. The highest BCUT2D eigenvalue weighted by Gasteiger charge is 2.15. The maximum absolute atomic E-state index is 12.3. The molecule has 0 bridgehead atoms. The van der Waals surface area contributed by atoms with E-state index in [2.05, 4.69) is 67.8 Å². The highest BCUT2D eigenvalue weighted by molar-refractivity contribution is 5.76. The van der Waals surface area contributed by atoms with Crippen molar-refractivity contribution in [2.45, 2.75) is 84.1 Å². The summed E-state index contributed by atoms with van der Waals surface area (Å²) in [6.07, 6.45) is 25.3. The Kier molecular flexibility index (Phi) is 20.6. The van der Waals surface area contributed by atoms with E-state index in [4.69, 9.17) is 4.74 Å². The molecule has 5 heteroatoms. The van der Waals surface area contributed by atoms with Crippen LogP contribution in [0.3, 0.4) is 0 Å². The van der Waals surface area contributed by atoms with E-state index in [0.29, 0.717) is 19.4 Å². The van der Waals surface area contributed by atoms with Crippen LogP contribution in [0, 0.1) is 0 Å². The van der Waals surface area contributed by atoms with E-state index in [1.165, 1.54) is 0 Å². The van der Waals surface area contributed by atoms with E-state index in [0.717, 1.165) is 51.4 Å². The van der Waals surface area contributed by atoms with Crippen LogP contribution < -0.4 is 5.32 Å². The summed E-state index contributed by atoms with van der Waals surface area (Å²) in [4.78, 5) is 26.3. The van der Waals surface area contributed by atoms with E-state index >= 15 is 0 Å². The van der Waals surface area contributed by atoms with Crippen molar-refractivity contribution < 1.29 is 14.3 Å². The van der Waals surface area contributed by atoms with Gasteiger partial charge in [0.25, 0.3) is 0 Å². The normalized spacial score (nSPS) is 13.2. The Morgan fingerprint density at radius 2 is 1.34 bits per heavy atom. The van der Waals surface area contributed by atoms with Crippen molar-refractivity contribution in [3.63, 3.8) is 0 Å². The number of carbonyl (C=O) groups excluding carboxylic acids is 2. The van der Waals surface area contributed by atoms with Crippen LogP contribution >= 0.6 is 0 Å². The number of ether oxygens (including phenoxy) is 1. The predicted octanol–water partition coefficient (Wildman–Crippen LogP) is 5.74. The fourth-order valence-corrected chi connectivity index (χ4v) is 3.00. The molecule has 1 N–H and O–H groups in total. The molecule has 0 aromatic rings. The second-order valence-electron chi connectivity index (χ2n) is 8.17. The van der Waals surface area contributed by atoms with Crippen molar-refractivity contribution in [1.29, 1.82) is 0 Å². The van der Waals surface area contributed by atoms with Crippen molar-refractivity contribution >= 4 is 11.9 Å². The summed E-state index contributed by atoms with van der Waals surface area (Å²) in [5.41, 5.74) is 0. The van der Waals surface area contributed by atoms with Gasteiger partial charge in [-0.15, -0.1) is 0 Å². The van der Waals surface area contributed by atoms with Gasteiger partial charge in [0.05, 0.1) is 6.04 Å². The summed E-state index contributed by atoms with van der Waals surface area (Å²) in [6.45, 7) is 5.09. The molecule has 0 aliphatic carbocycles. The molecule has 1 atom stereocenters. The average Bonchev–Trinajstić information content (AvgIpc) is 2.75. The van der Waals surface area contributed by atoms with Gasteiger partial charge in [0.2, 0.25) is 5.91 Å². The lowest BCUT2D eigenvalue weighted by Gasteiger charge is -2.22. The first-order chi connectivity index (χ1) is 15.5. The topological polar surface area (TPSA) is 58.6 Å². The van der Waals surface area contributed by atoms with Gasteiger partial charge in [0, 0.05) is 19.4 Å². The third-order valence-electron chi connectivity index (χ3n) is 4.60. The van der Waals surface area contributed by atoms with Crippen LogP contribution in [0.25, 0.3) is 0 Å². The lowest BCUT2D eigenvalue weighted by Crippen LogP contribution is -2.45. The number of nitrogens with zero attached hydrogens (tertiary/aromatic N) is 1. The molecule has 182 valence electrons. The minimum Gasteiger partial charge on any atom is -0.463 e. The molecule has 5 nitrogen and oxygen atoms in total. The quantitative estimate of drug-likeness (QED) is 0.156. The Hall–Kier alpha value is -2.14. The monoisotopic (exact) mass is 446 g/mol. The highest BCUT2D eigenvalue weighted by atomic mass is 16.5. The first kappa shape index (κ1) is 29.9. The number of nitrogens with one attached hydrogen (secondary N) is 1. The molecule has 0 saturated heterocycles. The Labute approximate surface area is 196 Å². The fourth-order valence-electron chi connectivity index (χ4n) is 3.00. The van der Waals surface area contributed by atoms with Crippen LogP contribution in [0.4, 0.5) is 0 Å². The van der Waals surface area contributed by atoms with Crippen molar-refractivity contribution in [1.82, 2.24) is 10.2 Å². The molecule has 0 radical (unpaired) electrons. The standard InChI is InChI=1S/C27H46N2O3/c1-5-7-9-11-13-15-17-19-21-26(30)28-25(23-29(3)4)24-32-27(31)22-20-18-16-14-12-10-8-6-2/h7-10,13-16,25H,5-6,11-12,17-24H2,1-4H3,(H,28,30)/b9-7-,10-8-,15-13-,16-14-. The molecule has 0 aromatic carbocycles. The minimum atomic E-state index is -0.204. The predicted molar refractivity (Wildman–Crippen MR) is 136 cm³/mol. The number of amides is 1. The zero-order chi connectivity index (χ0) is 23.9. The van der Waals surface area contributed by atoms with Gasteiger partial charge < -0.3 is 15.0 Å². The largest absolute Gasteiger partial charge is 0.463 e. The van der Waals surface area contributed by atoms with Crippen molar-refractivity contribution in [2.24, 2.45) is 0 Å². The number of carbonyl (C=O) groups is 2. The summed E-state index contributed by atoms with van der Waals surface area (Å²) in [6, 6.07) is -0.193. The van der Waals surface area contributed by atoms with E-state index in [9.17, 15) is 9.59 Å². The molecule has 0 fully saturated rings. The maximum atomic E-state index is 12.3. The molecule has 1 amide bonds. The van der Waals surface area contributed by atoms with E-state index in [-0.39, 0.29) is 24.5 Å². The first-order valence-corrected chi connectivity index (χ1v) is 12.2. The second-order valence-corrected chi connectivity index (χ2v) is 8.17. The van der Waals surface area contributed by atoms with Gasteiger partial charge in [-0.1, -0.05) is 62.5 Å². The fraction of sp³-hybridized carbons (Fsp3) is 0.630. The second kappa shape index (κ2) is 22.1. The van der Waals surface area contributed by atoms with Crippen LogP contribution in [-0.2, 0) is 14.3 Å². The molecular weight excluding hydrogens is 400 g/mol. The average molecular weight is 447 g/mol. The number of allylic oxidation sites excluding steroid dienone is 8. The number of hydrogen-bond acceptors (Lipinski definition) is 4. The molecule has 0 rings (SSSR count). The molecule has 0 saturated carbocycles. The molecule has 1 unspecified atom stereocenters. The lowest BCUT2D eigenvalue weighted by molar-refractivity contribution is -0.145. The van der Waals surface area contributed by atoms with Crippen LogP contribution in [-0.4, -0.2) is 50.1 Å². The van der Waals surface area contributed by atoms with Gasteiger partial charge in [-0.2, -0.15) is 0 Å². The third kappa shape index (κ3) is 21.1. The smallest absolute Gasteiger partial charge is 0.305 e. The zero-order valence-corrected chi connectivity index (χ0v) is 20.9. The SMILES string of the molecule is CC/C=C\C/C=C\CCCC(=O)NC(COC(=O)CCC/C=C\C/C=C\CC)CN(C)C. The number of likely N-dealkylation sites (N-methyl/N-ethyl adjacent to an activating group) is 1. The summed E-state index contributed by atoms with van der Waals surface area (Å²) in [7, 11) is 3.89. The summed E-state index contributed by atoms with van der Waals surface area (Å²) >= 11 is 0. The Morgan fingerprint density at radius 3 is 1.88 bits per heavy atom. The van der Waals surface area contributed by atoms with Gasteiger partial charge >= 0.3 is 5.97 Å². The van der Waals surface area contributed by atoms with E-state index < -0.39 is 0 Å². The molecule has 0 spiro atoms. The van der Waals surface area contributed by atoms with Crippen molar-refractivity contribution in [3.05, 3.63) is 48.6 Å². The van der Waals surface area contributed by atoms with Crippen molar-refractivity contribution in [2.75, 3.05) is 27.2 Å². The number of rotatable bonds is 19. The molecule has 0 aliphatic rings. The van der Waals surface area contributed by atoms with Crippen molar-refractivity contribution in [3.8, 4) is 0 Å². The summed E-state index contributed by atoms with van der Waals surface area (Å²) in [5, 5.41) is 3.01. The number of unbranched alkanes of at least 4 members (excludes halogenated alkanes) is 2. The van der Waals surface area contributed by atoms with E-state index in [1.54, 1.807) is 0 Å². The molecule has 0 aromatic heterocycles. The Balaban J connectivity index is 4.11. The Morgan fingerprint density at radius 1 is 0.812 bits per heavy atom. The minimum absolute atomic E-state index is 0.00874. The van der Waals surface area contributed by atoms with Gasteiger partial charge in [0.1, 0.15) is 6.61 Å². The van der Waals surface area contributed by atoms with E-state index in [1.807, 2.05) is 19.0 Å². The molecule has 32 heavy (non-hydrogen) atoms. The van der Waals surface area contributed by atoms with Crippen LogP contribution in [0.1, 0.15) is 78.1 Å². The van der Waals surface area contributed by atoms with Gasteiger partial charge in [-0.3, -0.25) is 9.59 Å². The summed E-state index contributed by atoms with van der Waals surface area (Å²) in [5.74, 6) is -0.195. The van der Waals surface area contributed by atoms with Gasteiger partial charge in [0.15, 0.2) is 0 Å². The third-order valence-corrected chi connectivity index (χ3v) is 4.60. The number of esters is 1. The lowest BCUT2D eigenvalue weighted by atomic mass is 10.2. The zero-order valence-electron chi connectivity index (χ0n) is 20.9. The first-order valence-electron chi connectivity index (χ1n) is 12.2. The molecular formula is C27H46N2O3. The molecule has 0 aliphatic heterocycles. The van der Waals surface area contributed by atoms with Gasteiger partial charge in [-0.25, -0.2) is 0 Å². The summed E-state index contributed by atoms with van der Waals surface area (Å²) < 4.78 is 5.42. The Bertz CT molecular complexity index is 592. The maximum Gasteiger partial charge on any atom is 0.305 e. The highest BCUT2D eigenvalue weighted by Crippen LogP contribution is 2.03.